The van der Waals surface area contributed by atoms with E-state index in [1.54, 1.807) is 23.1 Å². The summed E-state index contributed by atoms with van der Waals surface area (Å²) in [5, 5.41) is 3.74. The van der Waals surface area contributed by atoms with Gasteiger partial charge in [-0.25, -0.2) is 0 Å². The molecule has 31 heavy (non-hydrogen) atoms. The third-order valence-corrected chi connectivity index (χ3v) is 5.57. The number of rotatable bonds is 10. The van der Waals surface area contributed by atoms with Crippen molar-refractivity contribution in [3.05, 3.63) is 63.1 Å². The maximum absolute atomic E-state index is 13.2. The Morgan fingerprint density at radius 1 is 1.03 bits per heavy atom. The van der Waals surface area contributed by atoms with E-state index in [-0.39, 0.29) is 25.0 Å². The SMILES string of the molecule is CCCNC(=O)[C@@H](CC)N(Cc1ccc(Cl)c(Cl)c1)C(=O)COc1cc(C)cc(C)c1. The van der Waals surface area contributed by atoms with Crippen molar-refractivity contribution in [1.29, 1.82) is 0 Å². The summed E-state index contributed by atoms with van der Waals surface area (Å²) >= 11 is 12.2. The van der Waals surface area contributed by atoms with E-state index in [0.29, 0.717) is 28.8 Å². The summed E-state index contributed by atoms with van der Waals surface area (Å²) in [5.74, 6) is 0.178. The smallest absolute Gasteiger partial charge is 0.261 e. The molecule has 0 fully saturated rings. The van der Waals surface area contributed by atoms with E-state index in [9.17, 15) is 9.59 Å². The van der Waals surface area contributed by atoms with E-state index < -0.39 is 6.04 Å². The van der Waals surface area contributed by atoms with Gasteiger partial charge in [-0.2, -0.15) is 0 Å². The summed E-state index contributed by atoms with van der Waals surface area (Å²) < 4.78 is 5.78. The van der Waals surface area contributed by atoms with Crippen molar-refractivity contribution in [2.24, 2.45) is 0 Å². The monoisotopic (exact) mass is 464 g/mol. The first kappa shape index (κ1) is 25.0. The van der Waals surface area contributed by atoms with Crippen LogP contribution in [0.5, 0.6) is 5.75 Å². The lowest BCUT2D eigenvalue weighted by molar-refractivity contribution is -0.143. The van der Waals surface area contributed by atoms with E-state index in [1.165, 1.54) is 0 Å². The number of nitrogens with zero attached hydrogens (tertiary/aromatic N) is 1. The Labute approximate surface area is 194 Å². The minimum Gasteiger partial charge on any atom is -0.484 e. The van der Waals surface area contributed by atoms with Crippen LogP contribution in [0.4, 0.5) is 0 Å². The lowest BCUT2D eigenvalue weighted by atomic mass is 10.1. The Bertz CT molecular complexity index is 897. The minimum atomic E-state index is -0.614. The highest BCUT2D eigenvalue weighted by atomic mass is 35.5. The molecule has 1 N–H and O–H groups in total. The van der Waals surface area contributed by atoms with E-state index in [0.717, 1.165) is 23.1 Å². The number of carbonyl (C=O) groups excluding carboxylic acids is 2. The van der Waals surface area contributed by atoms with Crippen LogP contribution in [-0.2, 0) is 16.1 Å². The predicted octanol–water partition coefficient (Wildman–Crippen LogP) is 5.32. The quantitative estimate of drug-likeness (QED) is 0.517. The fraction of sp³-hybridized carbons (Fsp3) is 0.417. The molecule has 1 atom stereocenters. The molecular weight excluding hydrogens is 435 g/mol. The number of amides is 2. The van der Waals surface area contributed by atoms with Crippen molar-refractivity contribution in [2.45, 2.75) is 53.1 Å². The van der Waals surface area contributed by atoms with Crippen molar-refractivity contribution in [3.8, 4) is 5.75 Å². The highest BCUT2D eigenvalue weighted by Gasteiger charge is 2.29. The van der Waals surface area contributed by atoms with Gasteiger partial charge in [0.15, 0.2) is 6.61 Å². The molecule has 0 aromatic heterocycles. The van der Waals surface area contributed by atoms with Crippen LogP contribution in [0.3, 0.4) is 0 Å². The molecule has 0 spiro atoms. The molecule has 2 rings (SSSR count). The molecule has 0 unspecified atom stereocenters. The van der Waals surface area contributed by atoms with Gasteiger partial charge in [0.1, 0.15) is 11.8 Å². The minimum absolute atomic E-state index is 0.165. The van der Waals surface area contributed by atoms with Crippen LogP contribution in [0.15, 0.2) is 36.4 Å². The van der Waals surface area contributed by atoms with Crippen molar-refractivity contribution >= 4 is 35.0 Å². The zero-order chi connectivity index (χ0) is 23.0. The van der Waals surface area contributed by atoms with Gasteiger partial charge in [0, 0.05) is 13.1 Å². The molecule has 168 valence electrons. The molecule has 0 radical (unpaired) electrons. The Morgan fingerprint density at radius 2 is 1.71 bits per heavy atom. The predicted molar refractivity (Wildman–Crippen MR) is 126 cm³/mol. The van der Waals surface area contributed by atoms with Crippen LogP contribution in [0.2, 0.25) is 10.0 Å². The number of hydrogen-bond acceptors (Lipinski definition) is 3. The molecule has 0 saturated heterocycles. The molecule has 0 aliphatic rings. The summed E-state index contributed by atoms with van der Waals surface area (Å²) in [7, 11) is 0. The molecule has 2 aromatic rings. The van der Waals surface area contributed by atoms with Gasteiger partial charge < -0.3 is 15.0 Å². The van der Waals surface area contributed by atoms with Crippen LogP contribution >= 0.6 is 23.2 Å². The van der Waals surface area contributed by atoms with Gasteiger partial charge >= 0.3 is 0 Å². The summed E-state index contributed by atoms with van der Waals surface area (Å²) in [6.07, 6.45) is 1.30. The fourth-order valence-corrected chi connectivity index (χ4v) is 3.69. The summed E-state index contributed by atoms with van der Waals surface area (Å²) in [6.45, 7) is 8.44. The van der Waals surface area contributed by atoms with E-state index in [2.05, 4.69) is 5.32 Å². The number of aryl methyl sites for hydroxylation is 2. The second kappa shape index (κ2) is 12.0. The van der Waals surface area contributed by atoms with Crippen molar-refractivity contribution in [3.63, 3.8) is 0 Å². The van der Waals surface area contributed by atoms with Gasteiger partial charge in [0.05, 0.1) is 10.0 Å². The number of halogens is 2. The number of benzene rings is 2. The van der Waals surface area contributed by atoms with Crippen molar-refractivity contribution in [1.82, 2.24) is 10.2 Å². The molecule has 2 amide bonds. The third-order valence-electron chi connectivity index (χ3n) is 4.83. The van der Waals surface area contributed by atoms with Crippen LogP contribution in [0.1, 0.15) is 43.4 Å². The molecule has 0 aliphatic heterocycles. The maximum Gasteiger partial charge on any atom is 0.261 e. The van der Waals surface area contributed by atoms with E-state index in [1.807, 2.05) is 45.9 Å². The Morgan fingerprint density at radius 3 is 2.29 bits per heavy atom. The second-order valence-electron chi connectivity index (χ2n) is 7.60. The Kier molecular flexibility index (Phi) is 9.66. The van der Waals surface area contributed by atoms with Crippen molar-refractivity contribution < 1.29 is 14.3 Å². The van der Waals surface area contributed by atoms with Gasteiger partial charge in [0.25, 0.3) is 5.91 Å². The van der Waals surface area contributed by atoms with Crippen LogP contribution in [0.25, 0.3) is 0 Å². The van der Waals surface area contributed by atoms with Gasteiger partial charge in [0.2, 0.25) is 5.91 Å². The lowest BCUT2D eigenvalue weighted by Crippen LogP contribution is -2.50. The van der Waals surface area contributed by atoms with Gasteiger partial charge in [-0.1, -0.05) is 49.2 Å². The largest absolute Gasteiger partial charge is 0.484 e. The third kappa shape index (κ3) is 7.44. The maximum atomic E-state index is 13.2. The molecule has 2 aromatic carbocycles. The van der Waals surface area contributed by atoms with Gasteiger partial charge in [-0.05, 0) is 67.6 Å². The number of carbonyl (C=O) groups is 2. The first-order chi connectivity index (χ1) is 14.7. The number of nitrogens with one attached hydrogen (secondary N) is 1. The summed E-state index contributed by atoms with van der Waals surface area (Å²) in [5.41, 5.74) is 2.90. The Balaban J connectivity index is 2.24. The van der Waals surface area contributed by atoms with Gasteiger partial charge in [-0.3, -0.25) is 9.59 Å². The molecule has 0 saturated carbocycles. The molecule has 0 aliphatic carbocycles. The Hall–Kier alpha value is -2.24. The zero-order valence-corrected chi connectivity index (χ0v) is 20.0. The first-order valence-corrected chi connectivity index (χ1v) is 11.2. The molecule has 7 heteroatoms. The first-order valence-electron chi connectivity index (χ1n) is 10.5. The lowest BCUT2D eigenvalue weighted by Gasteiger charge is -2.30. The molecule has 0 bridgehead atoms. The van der Waals surface area contributed by atoms with Gasteiger partial charge in [-0.15, -0.1) is 0 Å². The van der Waals surface area contributed by atoms with Crippen LogP contribution in [-0.4, -0.2) is 35.9 Å². The van der Waals surface area contributed by atoms with Crippen molar-refractivity contribution in [2.75, 3.05) is 13.2 Å². The summed E-state index contributed by atoms with van der Waals surface area (Å²) in [6, 6.07) is 10.4. The zero-order valence-electron chi connectivity index (χ0n) is 18.5. The van der Waals surface area contributed by atoms with E-state index in [4.69, 9.17) is 27.9 Å². The highest BCUT2D eigenvalue weighted by Crippen LogP contribution is 2.24. The topological polar surface area (TPSA) is 58.6 Å². The fourth-order valence-electron chi connectivity index (χ4n) is 3.36. The molecular formula is C24H30Cl2N2O3. The average molecular weight is 465 g/mol. The summed E-state index contributed by atoms with van der Waals surface area (Å²) in [4.78, 5) is 27.5. The molecule has 5 nitrogen and oxygen atoms in total. The number of hydrogen-bond donors (Lipinski definition) is 1. The number of ether oxygens (including phenoxy) is 1. The second-order valence-corrected chi connectivity index (χ2v) is 8.41. The van der Waals surface area contributed by atoms with Crippen LogP contribution < -0.4 is 10.1 Å². The average Bonchev–Trinajstić information content (AvgIpc) is 2.72. The standard InChI is InChI=1S/C24H30Cl2N2O3/c1-5-9-27-24(30)22(6-2)28(14-18-7-8-20(25)21(26)13-18)23(29)15-31-19-11-16(3)10-17(4)12-19/h7-8,10-13,22H,5-6,9,14-15H2,1-4H3,(H,27,30)/t22-/m1/s1. The normalized spacial score (nSPS) is 11.7. The van der Waals surface area contributed by atoms with Crippen LogP contribution in [0, 0.1) is 13.8 Å². The highest BCUT2D eigenvalue weighted by molar-refractivity contribution is 6.42. The molecule has 0 heterocycles. The van der Waals surface area contributed by atoms with E-state index >= 15 is 0 Å².